The Bertz CT molecular complexity index is 310. The molecule has 1 unspecified atom stereocenters. The van der Waals surface area contributed by atoms with Crippen molar-refractivity contribution >= 4 is 5.69 Å². The predicted molar refractivity (Wildman–Crippen MR) is 60.3 cm³/mol. The number of rotatable bonds is 4. The normalized spacial score (nSPS) is 20.2. The maximum Gasteiger partial charge on any atom is 0.214 e. The lowest BCUT2D eigenvalue weighted by molar-refractivity contribution is 0.398. The zero-order valence-electron chi connectivity index (χ0n) is 8.99. The smallest absolute Gasteiger partial charge is 0.214 e. The van der Waals surface area contributed by atoms with Gasteiger partial charge >= 0.3 is 0 Å². The predicted octanol–water partition coefficient (Wildman–Crippen LogP) is 1.11. The zero-order chi connectivity index (χ0) is 10.5. The van der Waals surface area contributed by atoms with E-state index < -0.39 is 0 Å². The molecule has 0 saturated carbocycles. The first-order valence-corrected chi connectivity index (χ1v) is 5.33. The standard InChI is InChI=1S/C11H17N3O/c1-15-11-6-10(3-5-13-11)14-8-9-2-4-12-7-9/h3,5-6,9,12H,2,4,7-8H2,1H3,(H,13,14). The molecule has 1 saturated heterocycles. The van der Waals surface area contributed by atoms with Crippen molar-refractivity contribution in [3.8, 4) is 5.88 Å². The monoisotopic (exact) mass is 207 g/mol. The minimum atomic E-state index is 0.657. The number of pyridine rings is 1. The topological polar surface area (TPSA) is 46.2 Å². The highest BCUT2D eigenvalue weighted by Crippen LogP contribution is 2.15. The Labute approximate surface area is 90.0 Å². The molecule has 1 aliphatic heterocycles. The quantitative estimate of drug-likeness (QED) is 0.776. The van der Waals surface area contributed by atoms with Crippen LogP contribution in [0.1, 0.15) is 6.42 Å². The first kappa shape index (κ1) is 10.2. The molecule has 15 heavy (non-hydrogen) atoms. The fraction of sp³-hybridized carbons (Fsp3) is 0.545. The number of nitrogens with one attached hydrogen (secondary N) is 2. The molecule has 0 radical (unpaired) electrons. The number of methoxy groups -OCH3 is 1. The Hall–Kier alpha value is -1.29. The molecule has 1 atom stereocenters. The Balaban J connectivity index is 1.86. The van der Waals surface area contributed by atoms with Gasteiger partial charge in [-0.05, 0) is 31.5 Å². The van der Waals surface area contributed by atoms with Crippen molar-refractivity contribution in [1.82, 2.24) is 10.3 Å². The SMILES string of the molecule is COc1cc(NCC2CCNC2)ccn1. The first-order chi connectivity index (χ1) is 7.38. The summed E-state index contributed by atoms with van der Waals surface area (Å²) in [5, 5.41) is 6.76. The third-order valence-corrected chi connectivity index (χ3v) is 2.70. The van der Waals surface area contributed by atoms with E-state index in [4.69, 9.17) is 4.74 Å². The summed E-state index contributed by atoms with van der Waals surface area (Å²) in [6.07, 6.45) is 3.02. The molecule has 0 amide bonds. The van der Waals surface area contributed by atoms with Crippen LogP contribution in [-0.2, 0) is 0 Å². The van der Waals surface area contributed by atoms with E-state index in [1.165, 1.54) is 6.42 Å². The van der Waals surface area contributed by atoms with Crippen molar-refractivity contribution in [2.75, 3.05) is 32.1 Å². The number of anilines is 1. The van der Waals surface area contributed by atoms with Crippen molar-refractivity contribution in [3.05, 3.63) is 18.3 Å². The summed E-state index contributed by atoms with van der Waals surface area (Å²) >= 11 is 0. The van der Waals surface area contributed by atoms with Gasteiger partial charge in [0.2, 0.25) is 5.88 Å². The van der Waals surface area contributed by atoms with Crippen LogP contribution in [-0.4, -0.2) is 31.7 Å². The van der Waals surface area contributed by atoms with Crippen molar-refractivity contribution < 1.29 is 4.74 Å². The molecule has 4 heteroatoms. The summed E-state index contributed by atoms with van der Waals surface area (Å²) in [5.41, 5.74) is 1.08. The molecule has 1 aliphatic rings. The molecule has 1 fully saturated rings. The van der Waals surface area contributed by atoms with E-state index >= 15 is 0 Å². The van der Waals surface area contributed by atoms with Crippen LogP contribution in [0.3, 0.4) is 0 Å². The minimum absolute atomic E-state index is 0.657. The fourth-order valence-corrected chi connectivity index (χ4v) is 1.78. The van der Waals surface area contributed by atoms with Gasteiger partial charge in [-0.2, -0.15) is 0 Å². The van der Waals surface area contributed by atoms with Gasteiger partial charge in [-0.1, -0.05) is 0 Å². The average molecular weight is 207 g/mol. The highest BCUT2D eigenvalue weighted by atomic mass is 16.5. The third kappa shape index (κ3) is 2.83. The summed E-state index contributed by atoms with van der Waals surface area (Å²) < 4.78 is 5.06. The van der Waals surface area contributed by atoms with Gasteiger partial charge in [-0.25, -0.2) is 4.98 Å². The third-order valence-electron chi connectivity index (χ3n) is 2.70. The van der Waals surface area contributed by atoms with Crippen molar-refractivity contribution in [2.24, 2.45) is 5.92 Å². The van der Waals surface area contributed by atoms with E-state index in [-0.39, 0.29) is 0 Å². The lowest BCUT2D eigenvalue weighted by Crippen LogP contribution is -2.17. The Morgan fingerprint density at radius 2 is 2.60 bits per heavy atom. The first-order valence-electron chi connectivity index (χ1n) is 5.33. The molecule has 2 heterocycles. The zero-order valence-corrected chi connectivity index (χ0v) is 8.99. The lowest BCUT2D eigenvalue weighted by Gasteiger charge is -2.11. The van der Waals surface area contributed by atoms with Crippen LogP contribution in [0.25, 0.3) is 0 Å². The van der Waals surface area contributed by atoms with E-state index in [2.05, 4.69) is 15.6 Å². The van der Waals surface area contributed by atoms with Crippen LogP contribution in [0.2, 0.25) is 0 Å². The van der Waals surface area contributed by atoms with Gasteiger partial charge in [0.15, 0.2) is 0 Å². The van der Waals surface area contributed by atoms with E-state index in [0.717, 1.165) is 31.2 Å². The maximum absolute atomic E-state index is 5.06. The van der Waals surface area contributed by atoms with Crippen LogP contribution in [0, 0.1) is 5.92 Å². The Morgan fingerprint density at radius 3 is 3.33 bits per heavy atom. The number of hydrogen-bond acceptors (Lipinski definition) is 4. The molecule has 0 aromatic carbocycles. The Kier molecular flexibility index (Phi) is 3.40. The van der Waals surface area contributed by atoms with Crippen LogP contribution in [0.15, 0.2) is 18.3 Å². The molecule has 4 nitrogen and oxygen atoms in total. The van der Waals surface area contributed by atoms with Crippen molar-refractivity contribution in [1.29, 1.82) is 0 Å². The summed E-state index contributed by atoms with van der Waals surface area (Å²) in [4.78, 5) is 4.06. The minimum Gasteiger partial charge on any atom is -0.481 e. The number of aromatic nitrogens is 1. The van der Waals surface area contributed by atoms with Gasteiger partial charge in [0, 0.05) is 24.5 Å². The molecule has 0 bridgehead atoms. The molecular weight excluding hydrogens is 190 g/mol. The van der Waals surface area contributed by atoms with E-state index in [0.29, 0.717) is 5.88 Å². The summed E-state index contributed by atoms with van der Waals surface area (Å²) in [5.74, 6) is 1.40. The summed E-state index contributed by atoms with van der Waals surface area (Å²) in [6, 6.07) is 3.88. The van der Waals surface area contributed by atoms with Crippen molar-refractivity contribution in [3.63, 3.8) is 0 Å². The highest BCUT2D eigenvalue weighted by Gasteiger charge is 2.13. The van der Waals surface area contributed by atoms with Gasteiger partial charge in [0.1, 0.15) is 0 Å². The second-order valence-corrected chi connectivity index (χ2v) is 3.83. The van der Waals surface area contributed by atoms with Gasteiger partial charge in [0.05, 0.1) is 7.11 Å². The molecule has 1 aromatic heterocycles. The number of nitrogens with zero attached hydrogens (tertiary/aromatic N) is 1. The largest absolute Gasteiger partial charge is 0.481 e. The molecular formula is C11H17N3O. The second-order valence-electron chi connectivity index (χ2n) is 3.83. The lowest BCUT2D eigenvalue weighted by atomic mass is 10.1. The maximum atomic E-state index is 5.06. The molecule has 0 spiro atoms. The fourth-order valence-electron chi connectivity index (χ4n) is 1.78. The molecule has 2 N–H and O–H groups in total. The van der Waals surface area contributed by atoms with Crippen LogP contribution >= 0.6 is 0 Å². The average Bonchev–Trinajstić information content (AvgIpc) is 2.79. The summed E-state index contributed by atoms with van der Waals surface area (Å²) in [7, 11) is 1.63. The molecule has 2 rings (SSSR count). The van der Waals surface area contributed by atoms with E-state index in [1.807, 2.05) is 12.1 Å². The number of hydrogen-bond donors (Lipinski definition) is 2. The summed E-state index contributed by atoms with van der Waals surface area (Å²) in [6.45, 7) is 3.28. The second kappa shape index (κ2) is 4.98. The van der Waals surface area contributed by atoms with Gasteiger partial charge in [-0.15, -0.1) is 0 Å². The molecule has 1 aromatic rings. The van der Waals surface area contributed by atoms with Gasteiger partial charge < -0.3 is 15.4 Å². The van der Waals surface area contributed by atoms with Crippen LogP contribution < -0.4 is 15.4 Å². The van der Waals surface area contributed by atoms with Crippen molar-refractivity contribution in [2.45, 2.75) is 6.42 Å². The molecule has 0 aliphatic carbocycles. The Morgan fingerprint density at radius 1 is 1.67 bits per heavy atom. The van der Waals surface area contributed by atoms with E-state index in [1.54, 1.807) is 13.3 Å². The molecule has 82 valence electrons. The van der Waals surface area contributed by atoms with Gasteiger partial charge in [0.25, 0.3) is 0 Å². The van der Waals surface area contributed by atoms with E-state index in [9.17, 15) is 0 Å². The van der Waals surface area contributed by atoms with Crippen LogP contribution in [0.5, 0.6) is 5.88 Å². The highest BCUT2D eigenvalue weighted by molar-refractivity contribution is 5.44. The van der Waals surface area contributed by atoms with Gasteiger partial charge in [-0.3, -0.25) is 0 Å². The van der Waals surface area contributed by atoms with Crippen LogP contribution in [0.4, 0.5) is 5.69 Å². The number of ether oxygens (including phenoxy) is 1.